The van der Waals surface area contributed by atoms with E-state index in [9.17, 15) is 13.6 Å². The van der Waals surface area contributed by atoms with E-state index >= 15 is 0 Å². The number of alkyl halides is 2. The lowest BCUT2D eigenvalue weighted by Crippen LogP contribution is -2.48. The predicted octanol–water partition coefficient (Wildman–Crippen LogP) is 4.17. The Balaban J connectivity index is 1.53. The first-order chi connectivity index (χ1) is 15.1. The molecule has 2 aromatic rings. The van der Waals surface area contributed by atoms with Crippen molar-refractivity contribution in [3.63, 3.8) is 0 Å². The zero-order chi connectivity index (χ0) is 22.1. The lowest BCUT2D eigenvalue weighted by Gasteiger charge is -2.33. The lowest BCUT2D eigenvalue weighted by atomic mass is 10.1. The maximum atomic E-state index is 12.7. The van der Waals surface area contributed by atoms with Crippen LogP contribution in [-0.4, -0.2) is 62.2 Å². The molecular formula is C24H26F2N2O3. The fraction of sp³-hybridized carbons (Fsp3) is 0.292. The molecule has 0 unspecified atom stereocenters. The number of hydrogen-bond acceptors (Lipinski definition) is 4. The fourth-order valence-electron chi connectivity index (χ4n) is 3.36. The molecule has 0 aliphatic carbocycles. The summed E-state index contributed by atoms with van der Waals surface area (Å²) in [6.45, 7) is 0.616. The van der Waals surface area contributed by atoms with Crippen LogP contribution in [0.5, 0.6) is 11.5 Å². The number of benzene rings is 2. The third kappa shape index (κ3) is 6.65. The van der Waals surface area contributed by atoms with E-state index in [1.807, 2.05) is 18.2 Å². The normalized spacial score (nSPS) is 15.2. The van der Waals surface area contributed by atoms with Gasteiger partial charge < -0.3 is 14.4 Å². The van der Waals surface area contributed by atoms with Gasteiger partial charge in [-0.1, -0.05) is 54.6 Å². The monoisotopic (exact) mass is 428 g/mol. The van der Waals surface area contributed by atoms with Gasteiger partial charge in [0.1, 0.15) is 0 Å². The van der Waals surface area contributed by atoms with Crippen LogP contribution in [0.15, 0.2) is 60.7 Å². The Morgan fingerprint density at radius 1 is 1.03 bits per heavy atom. The summed E-state index contributed by atoms with van der Waals surface area (Å²) in [6, 6.07) is 14.9. The molecule has 1 saturated heterocycles. The van der Waals surface area contributed by atoms with Gasteiger partial charge in [0.05, 0.1) is 7.11 Å². The Bertz CT molecular complexity index is 908. The molecule has 0 atom stereocenters. The minimum absolute atomic E-state index is 0.0842. The van der Waals surface area contributed by atoms with Gasteiger partial charge in [-0.2, -0.15) is 8.78 Å². The summed E-state index contributed by atoms with van der Waals surface area (Å²) < 4.78 is 35.1. The molecule has 7 heteroatoms. The molecule has 0 spiro atoms. The molecule has 0 radical (unpaired) electrons. The number of piperazine rings is 1. The summed E-state index contributed by atoms with van der Waals surface area (Å²) in [5.74, 6) is -0.0589. The molecule has 1 aliphatic heterocycles. The van der Waals surface area contributed by atoms with Crippen LogP contribution < -0.4 is 9.47 Å². The molecule has 2 aromatic carbocycles. The smallest absolute Gasteiger partial charge is 0.387 e. The van der Waals surface area contributed by atoms with Gasteiger partial charge in [0, 0.05) is 44.4 Å². The van der Waals surface area contributed by atoms with E-state index in [-0.39, 0.29) is 17.4 Å². The van der Waals surface area contributed by atoms with Gasteiger partial charge in [0.25, 0.3) is 0 Å². The van der Waals surface area contributed by atoms with Crippen LogP contribution in [0.1, 0.15) is 11.1 Å². The average molecular weight is 428 g/mol. The van der Waals surface area contributed by atoms with Gasteiger partial charge in [-0.05, 0) is 17.7 Å². The van der Waals surface area contributed by atoms with E-state index in [1.165, 1.54) is 25.3 Å². The topological polar surface area (TPSA) is 42.0 Å². The third-order valence-electron chi connectivity index (χ3n) is 5.00. The molecule has 3 rings (SSSR count). The van der Waals surface area contributed by atoms with Crippen molar-refractivity contribution in [3.05, 3.63) is 71.8 Å². The number of hydrogen-bond donors (Lipinski definition) is 0. The molecule has 1 aliphatic rings. The molecule has 0 N–H and O–H groups in total. The second kappa shape index (κ2) is 11.3. The van der Waals surface area contributed by atoms with E-state index in [1.54, 1.807) is 17.0 Å². The molecule has 0 saturated carbocycles. The van der Waals surface area contributed by atoms with Gasteiger partial charge in [-0.15, -0.1) is 0 Å². The molecule has 0 aromatic heterocycles. The van der Waals surface area contributed by atoms with Gasteiger partial charge in [0.15, 0.2) is 11.5 Å². The quantitative estimate of drug-likeness (QED) is 0.592. The number of nitrogens with zero attached hydrogens (tertiary/aromatic N) is 2. The van der Waals surface area contributed by atoms with Crippen molar-refractivity contribution >= 4 is 18.1 Å². The van der Waals surface area contributed by atoms with Crippen molar-refractivity contribution < 1.29 is 23.0 Å². The van der Waals surface area contributed by atoms with E-state index in [4.69, 9.17) is 4.74 Å². The fourth-order valence-corrected chi connectivity index (χ4v) is 3.36. The Morgan fingerprint density at radius 3 is 2.45 bits per heavy atom. The summed E-state index contributed by atoms with van der Waals surface area (Å²) in [7, 11) is 1.38. The highest BCUT2D eigenvalue weighted by Gasteiger charge is 2.19. The molecule has 31 heavy (non-hydrogen) atoms. The van der Waals surface area contributed by atoms with Crippen LogP contribution in [0, 0.1) is 0 Å². The number of methoxy groups -OCH3 is 1. The SMILES string of the molecule is COc1cccc(/C=C/C(=O)N2CCN(C/C=C/c3ccccc3)CC2)c1OC(F)F. The minimum Gasteiger partial charge on any atom is -0.493 e. The molecule has 0 bridgehead atoms. The van der Waals surface area contributed by atoms with Crippen molar-refractivity contribution in [2.24, 2.45) is 0 Å². The van der Waals surface area contributed by atoms with E-state index < -0.39 is 6.61 Å². The first-order valence-corrected chi connectivity index (χ1v) is 10.1. The summed E-state index contributed by atoms with van der Waals surface area (Å²) in [4.78, 5) is 16.6. The maximum absolute atomic E-state index is 12.7. The largest absolute Gasteiger partial charge is 0.493 e. The number of ether oxygens (including phenoxy) is 2. The van der Waals surface area contributed by atoms with Gasteiger partial charge in [-0.3, -0.25) is 9.69 Å². The summed E-state index contributed by atoms with van der Waals surface area (Å²) in [5.41, 5.74) is 1.52. The molecule has 1 heterocycles. The number of carbonyl (C=O) groups is 1. The Morgan fingerprint density at radius 2 is 1.77 bits per heavy atom. The molecule has 5 nitrogen and oxygen atoms in total. The van der Waals surface area contributed by atoms with Crippen LogP contribution in [0.25, 0.3) is 12.2 Å². The van der Waals surface area contributed by atoms with E-state index in [0.717, 1.165) is 25.2 Å². The van der Waals surface area contributed by atoms with Crippen molar-refractivity contribution in [1.82, 2.24) is 9.80 Å². The van der Waals surface area contributed by atoms with Crippen LogP contribution in [-0.2, 0) is 4.79 Å². The Hall–Kier alpha value is -3.19. The number of rotatable bonds is 8. The van der Waals surface area contributed by atoms with Crippen LogP contribution in [0.3, 0.4) is 0 Å². The molecule has 1 fully saturated rings. The minimum atomic E-state index is -2.98. The van der Waals surface area contributed by atoms with Crippen LogP contribution >= 0.6 is 0 Å². The zero-order valence-electron chi connectivity index (χ0n) is 17.4. The van der Waals surface area contributed by atoms with Crippen molar-refractivity contribution in [3.8, 4) is 11.5 Å². The maximum Gasteiger partial charge on any atom is 0.387 e. The summed E-state index contributed by atoms with van der Waals surface area (Å²) in [5, 5.41) is 0. The Kier molecular flexibility index (Phi) is 8.18. The number of para-hydroxylation sites is 1. The van der Waals surface area contributed by atoms with Crippen LogP contribution in [0.2, 0.25) is 0 Å². The van der Waals surface area contributed by atoms with Gasteiger partial charge >= 0.3 is 6.61 Å². The molecule has 1 amide bonds. The molecular weight excluding hydrogens is 402 g/mol. The van der Waals surface area contributed by atoms with E-state index in [0.29, 0.717) is 18.7 Å². The zero-order valence-corrected chi connectivity index (χ0v) is 17.4. The summed E-state index contributed by atoms with van der Waals surface area (Å²) >= 11 is 0. The number of halogens is 2. The van der Waals surface area contributed by atoms with Gasteiger partial charge in [0.2, 0.25) is 5.91 Å². The Labute approximate surface area is 181 Å². The molecule has 164 valence electrons. The standard InChI is InChI=1S/C24H26F2N2O3/c1-30-21-11-5-10-20(23(21)31-24(25)26)12-13-22(29)28-17-15-27(16-18-28)14-6-9-19-7-3-2-4-8-19/h2-13,24H,14-18H2,1H3/b9-6+,13-12+. The highest BCUT2D eigenvalue weighted by molar-refractivity contribution is 5.92. The van der Waals surface area contributed by atoms with Crippen molar-refractivity contribution in [2.75, 3.05) is 39.8 Å². The lowest BCUT2D eigenvalue weighted by molar-refractivity contribution is -0.127. The van der Waals surface area contributed by atoms with Crippen LogP contribution in [0.4, 0.5) is 8.78 Å². The van der Waals surface area contributed by atoms with Crippen molar-refractivity contribution in [1.29, 1.82) is 0 Å². The third-order valence-corrected chi connectivity index (χ3v) is 5.00. The highest BCUT2D eigenvalue weighted by atomic mass is 19.3. The second-order valence-corrected chi connectivity index (χ2v) is 7.03. The summed E-state index contributed by atoms with van der Waals surface area (Å²) in [6.07, 6.45) is 7.09. The van der Waals surface area contributed by atoms with E-state index in [2.05, 4.69) is 33.9 Å². The predicted molar refractivity (Wildman–Crippen MR) is 117 cm³/mol. The second-order valence-electron chi connectivity index (χ2n) is 7.03. The number of carbonyl (C=O) groups excluding carboxylic acids is 1. The highest BCUT2D eigenvalue weighted by Crippen LogP contribution is 2.33. The first kappa shape index (κ1) is 22.5. The van der Waals surface area contributed by atoms with Gasteiger partial charge in [-0.25, -0.2) is 0 Å². The first-order valence-electron chi connectivity index (χ1n) is 10.1. The van der Waals surface area contributed by atoms with Crippen molar-refractivity contribution in [2.45, 2.75) is 6.61 Å². The average Bonchev–Trinajstić information content (AvgIpc) is 2.79. The number of amides is 1.